The van der Waals surface area contributed by atoms with Gasteiger partial charge < -0.3 is 10.1 Å². The molecule has 106 valence electrons. The molecule has 5 nitrogen and oxygen atoms in total. The lowest BCUT2D eigenvalue weighted by molar-refractivity contribution is -0.0498. The van der Waals surface area contributed by atoms with Gasteiger partial charge >= 0.3 is 6.61 Å². The molecular formula is C11H14F2N2O3S. The van der Waals surface area contributed by atoms with Crippen LogP contribution in [0.4, 0.5) is 14.5 Å². The van der Waals surface area contributed by atoms with E-state index in [9.17, 15) is 17.2 Å². The predicted molar refractivity (Wildman–Crippen MR) is 66.9 cm³/mol. The number of alkyl halides is 2. The molecule has 1 saturated heterocycles. The summed E-state index contributed by atoms with van der Waals surface area (Å²) in [6.07, 6.45) is 0.557. The second kappa shape index (κ2) is 5.70. The molecule has 0 amide bonds. The molecule has 2 N–H and O–H groups in total. The average Bonchev–Trinajstić information content (AvgIpc) is 2.85. The van der Waals surface area contributed by atoms with E-state index in [0.29, 0.717) is 25.2 Å². The number of benzene rings is 1. The van der Waals surface area contributed by atoms with Crippen molar-refractivity contribution in [1.82, 2.24) is 5.32 Å². The van der Waals surface area contributed by atoms with Gasteiger partial charge in [0.25, 0.3) is 0 Å². The standard InChI is InChI=1S/C11H14F2N2O3S/c12-11(13)18-9-3-1-8(2-4-9)15-19(16,17)10-5-6-14-7-10/h1-4,10-11,14-15H,5-7H2. The van der Waals surface area contributed by atoms with E-state index in [1.54, 1.807) is 0 Å². The van der Waals surface area contributed by atoms with Gasteiger partial charge in [0.2, 0.25) is 10.0 Å². The van der Waals surface area contributed by atoms with Gasteiger partial charge in [-0.15, -0.1) is 0 Å². The van der Waals surface area contributed by atoms with Crippen molar-refractivity contribution in [3.63, 3.8) is 0 Å². The largest absolute Gasteiger partial charge is 0.435 e. The van der Waals surface area contributed by atoms with Crippen LogP contribution in [0.2, 0.25) is 0 Å². The van der Waals surface area contributed by atoms with Crippen LogP contribution in [-0.4, -0.2) is 33.4 Å². The molecule has 1 fully saturated rings. The third-order valence-corrected chi connectivity index (χ3v) is 4.59. The van der Waals surface area contributed by atoms with Gasteiger partial charge in [0.05, 0.1) is 5.25 Å². The first-order valence-electron chi connectivity index (χ1n) is 5.74. The van der Waals surface area contributed by atoms with Gasteiger partial charge in [-0.05, 0) is 37.2 Å². The van der Waals surface area contributed by atoms with Crippen molar-refractivity contribution in [3.8, 4) is 5.75 Å². The maximum atomic E-state index is 12.0. The Labute approximate surface area is 110 Å². The predicted octanol–water partition coefficient (Wildman–Crippen LogP) is 1.39. The molecule has 0 radical (unpaired) electrons. The molecule has 8 heteroatoms. The summed E-state index contributed by atoms with van der Waals surface area (Å²) in [4.78, 5) is 0. The summed E-state index contributed by atoms with van der Waals surface area (Å²) in [6.45, 7) is -1.80. The number of hydrogen-bond donors (Lipinski definition) is 2. The molecule has 1 aromatic rings. The van der Waals surface area contributed by atoms with E-state index < -0.39 is 21.9 Å². The van der Waals surface area contributed by atoms with E-state index in [0.717, 1.165) is 0 Å². The Bertz CT molecular complexity index is 513. The van der Waals surface area contributed by atoms with E-state index in [4.69, 9.17) is 0 Å². The average molecular weight is 292 g/mol. The normalized spacial score (nSPS) is 19.6. The Morgan fingerprint density at radius 1 is 1.32 bits per heavy atom. The van der Waals surface area contributed by atoms with Gasteiger partial charge in [-0.25, -0.2) is 8.42 Å². The zero-order valence-corrected chi connectivity index (χ0v) is 10.8. The number of halogens is 2. The van der Waals surface area contributed by atoms with E-state index in [1.807, 2.05) is 0 Å². The van der Waals surface area contributed by atoms with Crippen molar-refractivity contribution in [1.29, 1.82) is 0 Å². The third kappa shape index (κ3) is 3.77. The van der Waals surface area contributed by atoms with Crippen LogP contribution in [0.15, 0.2) is 24.3 Å². The first-order valence-corrected chi connectivity index (χ1v) is 7.29. The summed E-state index contributed by atoms with van der Waals surface area (Å²) in [5, 5.41) is 2.50. The Morgan fingerprint density at radius 3 is 2.53 bits per heavy atom. The van der Waals surface area contributed by atoms with Crippen LogP contribution in [0.3, 0.4) is 0 Å². The van der Waals surface area contributed by atoms with Crippen LogP contribution >= 0.6 is 0 Å². The number of hydrogen-bond acceptors (Lipinski definition) is 4. The van der Waals surface area contributed by atoms with Gasteiger partial charge in [-0.2, -0.15) is 8.78 Å². The van der Waals surface area contributed by atoms with Crippen LogP contribution in [0.5, 0.6) is 5.75 Å². The number of nitrogens with one attached hydrogen (secondary N) is 2. The Balaban J connectivity index is 2.02. The highest BCUT2D eigenvalue weighted by atomic mass is 32.2. The van der Waals surface area contributed by atoms with E-state index in [1.165, 1.54) is 24.3 Å². The fraction of sp³-hybridized carbons (Fsp3) is 0.455. The fourth-order valence-electron chi connectivity index (χ4n) is 1.85. The highest BCUT2D eigenvalue weighted by Gasteiger charge is 2.28. The summed E-state index contributed by atoms with van der Waals surface area (Å²) in [5.41, 5.74) is 0.327. The van der Waals surface area contributed by atoms with Crippen LogP contribution < -0.4 is 14.8 Å². The SMILES string of the molecule is O=S(=O)(Nc1ccc(OC(F)F)cc1)C1CCNC1. The summed E-state index contributed by atoms with van der Waals surface area (Å²) in [5.74, 6) is -0.0134. The van der Waals surface area contributed by atoms with Gasteiger partial charge in [0, 0.05) is 12.2 Å². The second-order valence-electron chi connectivity index (χ2n) is 4.16. The molecular weight excluding hydrogens is 278 g/mol. The molecule has 19 heavy (non-hydrogen) atoms. The monoisotopic (exact) mass is 292 g/mol. The van der Waals surface area contributed by atoms with Crippen molar-refractivity contribution in [3.05, 3.63) is 24.3 Å². The molecule has 2 rings (SSSR count). The van der Waals surface area contributed by atoms with Gasteiger partial charge in [0.15, 0.2) is 0 Å². The van der Waals surface area contributed by atoms with Crippen LogP contribution in [0.25, 0.3) is 0 Å². The van der Waals surface area contributed by atoms with Crippen molar-refractivity contribution < 1.29 is 21.9 Å². The molecule has 1 aliphatic rings. The Morgan fingerprint density at radius 2 is 2.00 bits per heavy atom. The number of sulfonamides is 1. The summed E-state index contributed by atoms with van der Waals surface area (Å²) in [6, 6.07) is 5.35. The molecule has 1 heterocycles. The lowest BCUT2D eigenvalue weighted by atomic mass is 10.3. The molecule has 0 aromatic heterocycles. The molecule has 0 bridgehead atoms. The molecule has 1 atom stereocenters. The summed E-state index contributed by atoms with van der Waals surface area (Å²) < 4.78 is 54.4. The van der Waals surface area contributed by atoms with E-state index in [-0.39, 0.29) is 5.75 Å². The van der Waals surface area contributed by atoms with E-state index >= 15 is 0 Å². The quantitative estimate of drug-likeness (QED) is 0.860. The lowest BCUT2D eigenvalue weighted by Gasteiger charge is -2.13. The van der Waals surface area contributed by atoms with Crippen LogP contribution in [0, 0.1) is 0 Å². The molecule has 1 unspecified atom stereocenters. The summed E-state index contributed by atoms with van der Waals surface area (Å²) >= 11 is 0. The first kappa shape index (κ1) is 14.0. The zero-order valence-electron chi connectivity index (χ0n) is 9.97. The molecule has 0 aliphatic carbocycles. The number of ether oxygens (including phenoxy) is 1. The minimum Gasteiger partial charge on any atom is -0.435 e. The van der Waals surface area contributed by atoms with Crippen LogP contribution in [0.1, 0.15) is 6.42 Å². The molecule has 0 saturated carbocycles. The van der Waals surface area contributed by atoms with Crippen molar-refractivity contribution in [2.75, 3.05) is 17.8 Å². The fourth-order valence-corrected chi connectivity index (χ4v) is 3.24. The van der Waals surface area contributed by atoms with Gasteiger partial charge in [0.1, 0.15) is 5.75 Å². The molecule has 1 aromatic carbocycles. The minimum atomic E-state index is -3.45. The van der Waals surface area contributed by atoms with Crippen molar-refractivity contribution in [2.24, 2.45) is 0 Å². The first-order chi connectivity index (χ1) is 8.97. The van der Waals surface area contributed by atoms with Crippen LogP contribution in [-0.2, 0) is 10.0 Å². The maximum Gasteiger partial charge on any atom is 0.387 e. The number of rotatable bonds is 5. The number of anilines is 1. The topological polar surface area (TPSA) is 67.4 Å². The van der Waals surface area contributed by atoms with E-state index in [2.05, 4.69) is 14.8 Å². The van der Waals surface area contributed by atoms with Gasteiger partial charge in [-0.1, -0.05) is 0 Å². The lowest BCUT2D eigenvalue weighted by Crippen LogP contribution is -2.29. The van der Waals surface area contributed by atoms with Crippen molar-refractivity contribution >= 4 is 15.7 Å². The maximum absolute atomic E-state index is 12.0. The van der Waals surface area contributed by atoms with Gasteiger partial charge in [-0.3, -0.25) is 4.72 Å². The second-order valence-corrected chi connectivity index (χ2v) is 6.13. The molecule has 0 spiro atoms. The Hall–Kier alpha value is -1.41. The Kier molecular flexibility index (Phi) is 4.20. The third-order valence-electron chi connectivity index (χ3n) is 2.79. The minimum absolute atomic E-state index is 0.0134. The molecule has 1 aliphatic heterocycles. The highest BCUT2D eigenvalue weighted by molar-refractivity contribution is 7.93. The summed E-state index contributed by atoms with van der Waals surface area (Å²) in [7, 11) is -3.45. The highest BCUT2D eigenvalue weighted by Crippen LogP contribution is 2.20. The smallest absolute Gasteiger partial charge is 0.387 e. The zero-order chi connectivity index (χ0) is 13.9. The van der Waals surface area contributed by atoms with Crippen molar-refractivity contribution in [2.45, 2.75) is 18.3 Å².